The molecule has 0 radical (unpaired) electrons. The summed E-state index contributed by atoms with van der Waals surface area (Å²) in [5.41, 5.74) is 0. The molecule has 0 bridgehead atoms. The van der Waals surface area contributed by atoms with Crippen LogP contribution in [0.4, 0.5) is 0 Å². The standard InChI is InChI=1S/C12H20N4/c1-2-3-4-10-14-15-12-11(9-5-6-9)13-7-8-16(10)12/h9,11,13H,2-8H2,1H3. The highest BCUT2D eigenvalue weighted by Crippen LogP contribution is 2.41. The van der Waals surface area contributed by atoms with Gasteiger partial charge in [-0.25, -0.2) is 0 Å². The van der Waals surface area contributed by atoms with E-state index in [0.29, 0.717) is 6.04 Å². The zero-order valence-corrected chi connectivity index (χ0v) is 9.95. The summed E-state index contributed by atoms with van der Waals surface area (Å²) in [6.45, 7) is 4.35. The highest BCUT2D eigenvalue weighted by atomic mass is 15.3. The number of hydrogen-bond acceptors (Lipinski definition) is 3. The van der Waals surface area contributed by atoms with E-state index in [9.17, 15) is 0 Å². The number of hydrogen-bond donors (Lipinski definition) is 1. The van der Waals surface area contributed by atoms with Crippen LogP contribution in [0.1, 0.15) is 50.3 Å². The van der Waals surface area contributed by atoms with Crippen LogP contribution in [-0.2, 0) is 13.0 Å². The number of aromatic nitrogens is 3. The first kappa shape index (κ1) is 10.3. The highest BCUT2D eigenvalue weighted by molar-refractivity contribution is 5.08. The molecule has 1 fully saturated rings. The lowest BCUT2D eigenvalue weighted by atomic mass is 10.1. The Morgan fingerprint density at radius 3 is 3.00 bits per heavy atom. The molecule has 1 atom stereocenters. The van der Waals surface area contributed by atoms with E-state index >= 15 is 0 Å². The van der Waals surface area contributed by atoms with Gasteiger partial charge in [0, 0.05) is 19.5 Å². The second-order valence-electron chi connectivity index (χ2n) is 5.00. The van der Waals surface area contributed by atoms with Gasteiger partial charge in [-0.3, -0.25) is 0 Å². The lowest BCUT2D eigenvalue weighted by molar-refractivity contribution is 0.376. The van der Waals surface area contributed by atoms with Crippen LogP contribution in [0.3, 0.4) is 0 Å². The third-order valence-corrected chi connectivity index (χ3v) is 3.68. The van der Waals surface area contributed by atoms with Crippen LogP contribution in [0.5, 0.6) is 0 Å². The predicted molar refractivity (Wildman–Crippen MR) is 62.1 cm³/mol. The van der Waals surface area contributed by atoms with Crippen molar-refractivity contribution in [2.75, 3.05) is 6.54 Å². The SMILES string of the molecule is CCCCc1nnc2n1CCNC2C1CC1. The summed E-state index contributed by atoms with van der Waals surface area (Å²) >= 11 is 0. The van der Waals surface area contributed by atoms with Crippen LogP contribution in [0.15, 0.2) is 0 Å². The van der Waals surface area contributed by atoms with E-state index < -0.39 is 0 Å². The van der Waals surface area contributed by atoms with E-state index in [1.807, 2.05) is 0 Å². The number of unbranched alkanes of at least 4 members (excludes halogenated alkanes) is 1. The van der Waals surface area contributed by atoms with Gasteiger partial charge in [-0.2, -0.15) is 0 Å². The van der Waals surface area contributed by atoms with E-state index in [4.69, 9.17) is 0 Å². The number of rotatable bonds is 4. The molecule has 1 saturated carbocycles. The predicted octanol–water partition coefficient (Wildman–Crippen LogP) is 1.67. The Morgan fingerprint density at radius 1 is 1.38 bits per heavy atom. The molecule has 0 amide bonds. The second-order valence-corrected chi connectivity index (χ2v) is 5.00. The van der Waals surface area contributed by atoms with Crippen LogP contribution in [0.2, 0.25) is 0 Å². The van der Waals surface area contributed by atoms with Crippen LogP contribution in [-0.4, -0.2) is 21.3 Å². The second kappa shape index (κ2) is 4.17. The van der Waals surface area contributed by atoms with E-state index in [1.54, 1.807) is 0 Å². The average Bonchev–Trinajstić information content (AvgIpc) is 3.07. The zero-order chi connectivity index (χ0) is 11.0. The van der Waals surface area contributed by atoms with Gasteiger partial charge in [0.2, 0.25) is 0 Å². The summed E-state index contributed by atoms with van der Waals surface area (Å²) in [5.74, 6) is 3.21. The number of nitrogens with zero attached hydrogens (tertiary/aromatic N) is 3. The molecule has 1 aromatic heterocycles. The third-order valence-electron chi connectivity index (χ3n) is 3.68. The van der Waals surface area contributed by atoms with Crippen LogP contribution in [0, 0.1) is 5.92 Å². The molecule has 1 aromatic rings. The minimum atomic E-state index is 0.483. The minimum Gasteiger partial charge on any atom is -0.312 e. The smallest absolute Gasteiger partial charge is 0.150 e. The molecule has 1 aliphatic heterocycles. The molecule has 0 saturated heterocycles. The molecule has 16 heavy (non-hydrogen) atoms. The van der Waals surface area contributed by atoms with Crippen molar-refractivity contribution in [3.05, 3.63) is 11.6 Å². The van der Waals surface area contributed by atoms with Gasteiger partial charge >= 0.3 is 0 Å². The molecule has 0 spiro atoms. The minimum absolute atomic E-state index is 0.483. The third kappa shape index (κ3) is 1.75. The van der Waals surface area contributed by atoms with Gasteiger partial charge in [0.25, 0.3) is 0 Å². The van der Waals surface area contributed by atoms with Crippen molar-refractivity contribution in [2.24, 2.45) is 5.92 Å². The Labute approximate surface area is 96.4 Å². The molecule has 4 heteroatoms. The summed E-state index contributed by atoms with van der Waals surface area (Å²) in [5, 5.41) is 12.4. The first-order valence-corrected chi connectivity index (χ1v) is 6.55. The van der Waals surface area contributed by atoms with Gasteiger partial charge in [0.1, 0.15) is 5.82 Å². The summed E-state index contributed by atoms with van der Waals surface area (Å²) in [6, 6.07) is 0.483. The molecule has 1 aliphatic carbocycles. The fourth-order valence-electron chi connectivity index (χ4n) is 2.57. The van der Waals surface area contributed by atoms with Crippen molar-refractivity contribution < 1.29 is 0 Å². The number of aryl methyl sites for hydroxylation is 1. The van der Waals surface area contributed by atoms with Gasteiger partial charge < -0.3 is 9.88 Å². The summed E-state index contributed by atoms with van der Waals surface area (Å²) < 4.78 is 2.36. The van der Waals surface area contributed by atoms with Crippen molar-refractivity contribution >= 4 is 0 Å². The van der Waals surface area contributed by atoms with Gasteiger partial charge in [0.15, 0.2) is 5.82 Å². The Balaban J connectivity index is 1.82. The lowest BCUT2D eigenvalue weighted by Gasteiger charge is -2.24. The highest BCUT2D eigenvalue weighted by Gasteiger charge is 2.37. The fourth-order valence-corrected chi connectivity index (χ4v) is 2.57. The Hall–Kier alpha value is -0.900. The summed E-state index contributed by atoms with van der Waals surface area (Å²) in [7, 11) is 0. The molecular weight excluding hydrogens is 200 g/mol. The molecule has 4 nitrogen and oxygen atoms in total. The number of nitrogens with one attached hydrogen (secondary N) is 1. The van der Waals surface area contributed by atoms with Crippen LogP contribution < -0.4 is 5.32 Å². The van der Waals surface area contributed by atoms with E-state index in [1.165, 1.54) is 37.3 Å². The molecule has 1 unspecified atom stereocenters. The zero-order valence-electron chi connectivity index (χ0n) is 9.95. The molecule has 2 aliphatic rings. The molecule has 1 N–H and O–H groups in total. The number of fused-ring (bicyclic) bond motifs is 1. The molecule has 0 aromatic carbocycles. The summed E-state index contributed by atoms with van der Waals surface area (Å²) in [4.78, 5) is 0. The molecule has 2 heterocycles. The maximum Gasteiger partial charge on any atom is 0.150 e. The maximum absolute atomic E-state index is 4.40. The first-order valence-electron chi connectivity index (χ1n) is 6.55. The molecule has 88 valence electrons. The van der Waals surface area contributed by atoms with Crippen LogP contribution >= 0.6 is 0 Å². The first-order chi connectivity index (χ1) is 7.90. The van der Waals surface area contributed by atoms with Crippen molar-refractivity contribution in [1.82, 2.24) is 20.1 Å². The van der Waals surface area contributed by atoms with Crippen molar-refractivity contribution in [1.29, 1.82) is 0 Å². The summed E-state index contributed by atoms with van der Waals surface area (Å²) in [6.07, 6.45) is 6.25. The van der Waals surface area contributed by atoms with Gasteiger partial charge in [0.05, 0.1) is 6.04 Å². The average molecular weight is 220 g/mol. The van der Waals surface area contributed by atoms with Gasteiger partial charge in [-0.15, -0.1) is 10.2 Å². The van der Waals surface area contributed by atoms with Crippen LogP contribution in [0.25, 0.3) is 0 Å². The monoisotopic (exact) mass is 220 g/mol. The maximum atomic E-state index is 4.40. The normalized spacial score (nSPS) is 24.4. The molecule has 3 rings (SSSR count). The fraction of sp³-hybridized carbons (Fsp3) is 0.833. The van der Waals surface area contributed by atoms with E-state index in [-0.39, 0.29) is 0 Å². The largest absolute Gasteiger partial charge is 0.312 e. The van der Waals surface area contributed by atoms with Crippen molar-refractivity contribution in [3.8, 4) is 0 Å². The Bertz CT molecular complexity index is 367. The van der Waals surface area contributed by atoms with Crippen molar-refractivity contribution in [3.63, 3.8) is 0 Å². The quantitative estimate of drug-likeness (QED) is 0.839. The topological polar surface area (TPSA) is 42.7 Å². The van der Waals surface area contributed by atoms with E-state index in [2.05, 4.69) is 27.0 Å². The van der Waals surface area contributed by atoms with Gasteiger partial charge in [-0.05, 0) is 25.2 Å². The van der Waals surface area contributed by atoms with E-state index in [0.717, 1.165) is 25.4 Å². The van der Waals surface area contributed by atoms with Gasteiger partial charge in [-0.1, -0.05) is 13.3 Å². The Kier molecular flexibility index (Phi) is 2.67. The Morgan fingerprint density at radius 2 is 2.25 bits per heavy atom. The molecular formula is C12H20N4. The van der Waals surface area contributed by atoms with Crippen molar-refractivity contribution in [2.45, 2.75) is 51.6 Å². The lowest BCUT2D eigenvalue weighted by Crippen LogP contribution is -2.35.